The van der Waals surface area contributed by atoms with Crippen molar-refractivity contribution in [1.29, 1.82) is 0 Å². The highest BCUT2D eigenvalue weighted by molar-refractivity contribution is 5.83. The summed E-state index contributed by atoms with van der Waals surface area (Å²) in [4.78, 5) is 24.0. The summed E-state index contributed by atoms with van der Waals surface area (Å²) in [5.41, 5.74) is -0.610. The average Bonchev–Trinajstić information content (AvgIpc) is 2.31. The second-order valence-electron chi connectivity index (χ2n) is 3.76. The summed E-state index contributed by atoms with van der Waals surface area (Å²) in [6, 6.07) is 4.61. The van der Waals surface area contributed by atoms with Crippen LogP contribution in [0.4, 0.5) is 0 Å². The number of aromatic nitrogens is 2. The maximum atomic E-state index is 12.0. The first kappa shape index (κ1) is 11.4. The van der Waals surface area contributed by atoms with E-state index in [1.807, 2.05) is 0 Å². The fourth-order valence-corrected chi connectivity index (χ4v) is 1.86. The lowest BCUT2D eigenvalue weighted by Gasteiger charge is -2.10. The fraction of sp³-hybridized carbons (Fsp3) is 0.273. The number of nitrogens with zero attached hydrogens (tertiary/aromatic N) is 2. The van der Waals surface area contributed by atoms with Gasteiger partial charge in [-0.2, -0.15) is 0 Å². The summed E-state index contributed by atoms with van der Waals surface area (Å²) in [5.74, 6) is -0.0733. The Balaban J connectivity index is 3.01. The highest BCUT2D eigenvalue weighted by Crippen LogP contribution is 2.19. The molecule has 0 fully saturated rings. The van der Waals surface area contributed by atoms with Gasteiger partial charge in [0.25, 0.3) is 5.56 Å². The van der Waals surface area contributed by atoms with Gasteiger partial charge in [0.15, 0.2) is 0 Å². The minimum atomic E-state index is -0.460. The van der Waals surface area contributed by atoms with Crippen molar-refractivity contribution in [2.45, 2.75) is 6.67 Å². The minimum absolute atomic E-state index is 0.0733. The largest absolute Gasteiger partial charge is 0.506 e. The number of nitrogens with one attached hydrogen (secondary N) is 1. The smallest absolute Gasteiger partial charge is 0.332 e. The Labute approximate surface area is 96.7 Å². The molecule has 6 heteroatoms. The van der Waals surface area contributed by atoms with Gasteiger partial charge in [-0.15, -0.1) is 0 Å². The molecule has 0 saturated heterocycles. The van der Waals surface area contributed by atoms with Crippen LogP contribution >= 0.6 is 0 Å². The molecule has 0 saturated carbocycles. The third-order valence-electron chi connectivity index (χ3n) is 2.66. The third-order valence-corrected chi connectivity index (χ3v) is 2.66. The van der Waals surface area contributed by atoms with E-state index in [2.05, 4.69) is 5.32 Å². The molecule has 0 amide bonds. The Hall–Kier alpha value is -2.08. The van der Waals surface area contributed by atoms with Crippen LogP contribution in [0.2, 0.25) is 0 Å². The Morgan fingerprint density at radius 3 is 2.71 bits per heavy atom. The van der Waals surface area contributed by atoms with Gasteiger partial charge in [-0.3, -0.25) is 9.36 Å². The number of benzene rings is 1. The number of phenols is 1. The first-order chi connectivity index (χ1) is 8.07. The maximum Gasteiger partial charge on any atom is 0.332 e. The van der Waals surface area contributed by atoms with Gasteiger partial charge in [-0.25, -0.2) is 9.36 Å². The molecule has 2 aromatic rings. The van der Waals surface area contributed by atoms with E-state index in [4.69, 9.17) is 0 Å². The zero-order valence-corrected chi connectivity index (χ0v) is 9.60. The summed E-state index contributed by atoms with van der Waals surface area (Å²) < 4.78 is 2.35. The number of phenolic OH excluding ortho intramolecular Hbond substituents is 1. The molecule has 6 nitrogen and oxygen atoms in total. The molecule has 0 aliphatic carbocycles. The summed E-state index contributed by atoms with van der Waals surface area (Å²) in [6.07, 6.45) is 0. The minimum Gasteiger partial charge on any atom is -0.506 e. The lowest BCUT2D eigenvalue weighted by atomic mass is 10.2. The van der Waals surface area contributed by atoms with Gasteiger partial charge in [-0.05, 0) is 19.2 Å². The highest BCUT2D eigenvalue weighted by Gasteiger charge is 2.12. The number of para-hydroxylation sites is 1. The van der Waals surface area contributed by atoms with Crippen molar-refractivity contribution in [2.75, 3.05) is 7.05 Å². The fourth-order valence-electron chi connectivity index (χ4n) is 1.86. The number of rotatable bonds is 2. The summed E-state index contributed by atoms with van der Waals surface area (Å²) in [6.45, 7) is 0.136. The normalized spacial score (nSPS) is 10.9. The molecule has 0 atom stereocenters. The highest BCUT2D eigenvalue weighted by atomic mass is 16.3. The SMILES string of the molecule is CNCn1c(=O)c2cccc(O)c2n(C)c1=O. The Morgan fingerprint density at radius 1 is 1.35 bits per heavy atom. The van der Waals surface area contributed by atoms with Gasteiger partial charge in [0, 0.05) is 7.05 Å². The molecule has 1 aromatic heterocycles. The van der Waals surface area contributed by atoms with Crippen molar-refractivity contribution in [2.24, 2.45) is 7.05 Å². The van der Waals surface area contributed by atoms with Crippen molar-refractivity contribution < 1.29 is 5.11 Å². The second kappa shape index (κ2) is 4.06. The van der Waals surface area contributed by atoms with Gasteiger partial charge in [-0.1, -0.05) is 6.07 Å². The van der Waals surface area contributed by atoms with E-state index in [1.165, 1.54) is 17.7 Å². The van der Waals surface area contributed by atoms with E-state index in [0.29, 0.717) is 5.39 Å². The Bertz CT molecular complexity index is 685. The number of aryl methyl sites for hydroxylation is 1. The first-order valence-corrected chi connectivity index (χ1v) is 5.14. The molecule has 2 rings (SSSR count). The van der Waals surface area contributed by atoms with E-state index in [0.717, 1.165) is 4.57 Å². The van der Waals surface area contributed by atoms with Crippen LogP contribution in [0, 0.1) is 0 Å². The molecule has 2 N–H and O–H groups in total. The lowest BCUT2D eigenvalue weighted by molar-refractivity contribution is 0.475. The van der Waals surface area contributed by atoms with Gasteiger partial charge in [0.05, 0.1) is 17.6 Å². The maximum absolute atomic E-state index is 12.0. The quantitative estimate of drug-likeness (QED) is 0.741. The van der Waals surface area contributed by atoms with Crippen LogP contribution in [0.3, 0.4) is 0 Å². The van der Waals surface area contributed by atoms with E-state index in [9.17, 15) is 14.7 Å². The standard InChI is InChI=1S/C11H13N3O3/c1-12-6-14-10(16)7-4-3-5-8(15)9(7)13(2)11(14)17/h3-5,12,15H,6H2,1-2H3. The Kier molecular flexibility index (Phi) is 2.72. The summed E-state index contributed by atoms with van der Waals surface area (Å²) >= 11 is 0. The molecular weight excluding hydrogens is 222 g/mol. The van der Waals surface area contributed by atoms with Crippen LogP contribution in [-0.2, 0) is 13.7 Å². The van der Waals surface area contributed by atoms with Gasteiger partial charge < -0.3 is 10.4 Å². The molecule has 90 valence electrons. The van der Waals surface area contributed by atoms with Crippen LogP contribution < -0.4 is 16.6 Å². The number of hydrogen-bond acceptors (Lipinski definition) is 4. The van der Waals surface area contributed by atoms with Gasteiger partial charge >= 0.3 is 5.69 Å². The third kappa shape index (κ3) is 1.62. The van der Waals surface area contributed by atoms with Crippen LogP contribution in [0.1, 0.15) is 0 Å². The molecule has 1 heterocycles. The van der Waals surface area contributed by atoms with Crippen molar-refractivity contribution in [3.63, 3.8) is 0 Å². The topological polar surface area (TPSA) is 76.3 Å². The lowest BCUT2D eigenvalue weighted by Crippen LogP contribution is -2.41. The van der Waals surface area contributed by atoms with Crippen LogP contribution in [0.15, 0.2) is 27.8 Å². The van der Waals surface area contributed by atoms with Crippen molar-refractivity contribution in [1.82, 2.24) is 14.5 Å². The van der Waals surface area contributed by atoms with Crippen LogP contribution in [-0.4, -0.2) is 21.3 Å². The molecule has 1 aromatic carbocycles. The Morgan fingerprint density at radius 2 is 2.06 bits per heavy atom. The zero-order chi connectivity index (χ0) is 12.6. The van der Waals surface area contributed by atoms with E-state index >= 15 is 0 Å². The molecule has 0 spiro atoms. The monoisotopic (exact) mass is 235 g/mol. The summed E-state index contributed by atoms with van der Waals surface area (Å²) in [5, 5.41) is 12.8. The van der Waals surface area contributed by atoms with E-state index < -0.39 is 11.2 Å². The van der Waals surface area contributed by atoms with Crippen molar-refractivity contribution in [3.05, 3.63) is 39.0 Å². The molecule has 0 unspecified atom stereocenters. The predicted molar refractivity (Wildman–Crippen MR) is 64.2 cm³/mol. The molecule has 0 aliphatic rings. The van der Waals surface area contributed by atoms with Crippen LogP contribution in [0.5, 0.6) is 5.75 Å². The van der Waals surface area contributed by atoms with Crippen molar-refractivity contribution in [3.8, 4) is 5.75 Å². The number of aromatic hydroxyl groups is 1. The molecule has 0 radical (unpaired) electrons. The first-order valence-electron chi connectivity index (χ1n) is 5.14. The zero-order valence-electron chi connectivity index (χ0n) is 9.60. The number of fused-ring (bicyclic) bond motifs is 1. The molecule has 17 heavy (non-hydrogen) atoms. The van der Waals surface area contributed by atoms with Gasteiger partial charge in [0.2, 0.25) is 0 Å². The average molecular weight is 235 g/mol. The van der Waals surface area contributed by atoms with E-state index in [-0.39, 0.29) is 17.9 Å². The molecule has 0 bridgehead atoms. The van der Waals surface area contributed by atoms with Crippen LogP contribution in [0.25, 0.3) is 10.9 Å². The summed E-state index contributed by atoms with van der Waals surface area (Å²) in [7, 11) is 3.18. The predicted octanol–water partition coefficient (Wildman–Crippen LogP) is -0.417. The second-order valence-corrected chi connectivity index (χ2v) is 3.76. The molecule has 0 aliphatic heterocycles. The number of hydrogen-bond donors (Lipinski definition) is 2. The van der Waals surface area contributed by atoms with Gasteiger partial charge in [0.1, 0.15) is 5.75 Å². The molecular formula is C11H13N3O3. The van der Waals surface area contributed by atoms with Crippen molar-refractivity contribution >= 4 is 10.9 Å². The van der Waals surface area contributed by atoms with E-state index in [1.54, 1.807) is 19.2 Å².